The van der Waals surface area contributed by atoms with E-state index in [0.717, 1.165) is 16.6 Å². The zero-order valence-corrected chi connectivity index (χ0v) is 20.0. The third-order valence-electron chi connectivity index (χ3n) is 5.06. The second-order valence-electron chi connectivity index (χ2n) is 7.74. The molecule has 0 spiro atoms. The molecule has 0 fully saturated rings. The van der Waals surface area contributed by atoms with Gasteiger partial charge in [0.25, 0.3) is 5.91 Å². The number of hydrogen-bond acceptors (Lipinski definition) is 5. The largest absolute Gasteiger partial charge is 0.490 e. The van der Waals surface area contributed by atoms with Gasteiger partial charge in [0.1, 0.15) is 11.9 Å². The van der Waals surface area contributed by atoms with Crippen LogP contribution in [0.25, 0.3) is 22.7 Å². The Labute approximate surface area is 208 Å². The summed E-state index contributed by atoms with van der Waals surface area (Å²) in [5.74, 6) is 0.759. The van der Waals surface area contributed by atoms with Gasteiger partial charge in [-0.15, -0.1) is 0 Å². The first-order valence-corrected chi connectivity index (χ1v) is 11.4. The number of allylic oxidation sites excluding steroid dienone is 1. The number of hydrogen-bond donors (Lipinski definition) is 2. The Hall–Kier alpha value is -4.28. The summed E-state index contributed by atoms with van der Waals surface area (Å²) >= 11 is 6.50. The number of ether oxygens (including phenoxy) is 2. The number of aromatic nitrogens is 2. The fourth-order valence-electron chi connectivity index (χ4n) is 3.53. The number of anilines is 1. The summed E-state index contributed by atoms with van der Waals surface area (Å²) in [6, 6.07) is 20.6. The molecule has 1 heterocycles. The molecule has 4 aromatic rings. The van der Waals surface area contributed by atoms with E-state index in [1.165, 1.54) is 0 Å². The average molecular weight is 487 g/mol. The van der Waals surface area contributed by atoms with Crippen LogP contribution in [0.3, 0.4) is 0 Å². The number of carbonyl (C=O) groups is 1. The van der Waals surface area contributed by atoms with E-state index < -0.39 is 0 Å². The van der Waals surface area contributed by atoms with Gasteiger partial charge in [-0.25, -0.2) is 4.98 Å². The summed E-state index contributed by atoms with van der Waals surface area (Å²) < 4.78 is 11.4. The van der Waals surface area contributed by atoms with E-state index >= 15 is 0 Å². The number of carbonyl (C=O) groups excluding carboxylic acids is 1. The number of imidazole rings is 1. The van der Waals surface area contributed by atoms with Crippen molar-refractivity contribution >= 4 is 45.9 Å². The molecule has 3 aromatic carbocycles. The lowest BCUT2D eigenvalue weighted by molar-refractivity contribution is -0.118. The number of fused-ring (bicyclic) bond motifs is 1. The van der Waals surface area contributed by atoms with E-state index in [9.17, 15) is 10.1 Å². The van der Waals surface area contributed by atoms with Crippen LogP contribution in [-0.2, 0) is 4.79 Å². The summed E-state index contributed by atoms with van der Waals surface area (Å²) in [5, 5.41) is 12.8. The number of amides is 1. The molecule has 0 aliphatic heterocycles. The minimum absolute atomic E-state index is 0.245. The number of halogens is 1. The van der Waals surface area contributed by atoms with E-state index in [-0.39, 0.29) is 23.3 Å². The Morgan fingerprint density at radius 3 is 2.74 bits per heavy atom. The standard InChI is InChI=1S/C27H23ClN4O3/c1-3-34-24-14-18(12-19(15-29)27-31-22-9-4-5-10-23(22)32-27)13-21(28)26(24)35-16-25(33)30-20-8-6-7-17(2)11-20/h4-14H,3,16H2,1-2H3,(H,30,33)(H,31,32)/b19-12+. The molecular formula is C27H23ClN4O3. The van der Waals surface area contributed by atoms with Crippen molar-refractivity contribution in [3.05, 3.63) is 82.6 Å². The molecule has 4 rings (SSSR count). The molecule has 0 radical (unpaired) electrons. The first kappa shape index (κ1) is 23.9. The Bertz CT molecular complexity index is 1420. The minimum Gasteiger partial charge on any atom is -0.490 e. The third-order valence-corrected chi connectivity index (χ3v) is 5.34. The van der Waals surface area contributed by atoms with E-state index in [0.29, 0.717) is 35.0 Å². The number of H-pyrrole nitrogens is 1. The number of benzene rings is 3. The molecule has 1 aromatic heterocycles. The van der Waals surface area contributed by atoms with Crippen LogP contribution in [0.1, 0.15) is 23.9 Å². The molecule has 0 saturated carbocycles. The quantitative estimate of drug-likeness (QED) is 0.297. The second-order valence-corrected chi connectivity index (χ2v) is 8.15. The van der Waals surface area contributed by atoms with Gasteiger partial charge in [0.15, 0.2) is 18.1 Å². The first-order valence-electron chi connectivity index (χ1n) is 11.0. The Morgan fingerprint density at radius 1 is 1.17 bits per heavy atom. The molecular weight excluding hydrogens is 464 g/mol. The smallest absolute Gasteiger partial charge is 0.262 e. The highest BCUT2D eigenvalue weighted by atomic mass is 35.5. The predicted octanol–water partition coefficient (Wildman–Crippen LogP) is 6.01. The Kier molecular flexibility index (Phi) is 7.34. The maximum atomic E-state index is 12.4. The highest BCUT2D eigenvalue weighted by Crippen LogP contribution is 2.37. The number of rotatable bonds is 8. The van der Waals surface area contributed by atoms with Gasteiger partial charge in [0, 0.05) is 5.69 Å². The van der Waals surface area contributed by atoms with Crippen molar-refractivity contribution in [1.29, 1.82) is 5.26 Å². The first-order chi connectivity index (χ1) is 17.0. The van der Waals surface area contributed by atoms with Gasteiger partial charge in [-0.2, -0.15) is 5.26 Å². The third kappa shape index (κ3) is 5.81. The number of nitriles is 1. The molecule has 7 nitrogen and oxygen atoms in total. The Morgan fingerprint density at radius 2 is 2.00 bits per heavy atom. The van der Waals surface area contributed by atoms with Gasteiger partial charge >= 0.3 is 0 Å². The molecule has 2 N–H and O–H groups in total. The summed E-state index contributed by atoms with van der Waals surface area (Å²) in [7, 11) is 0. The van der Waals surface area contributed by atoms with Crippen LogP contribution in [-0.4, -0.2) is 29.1 Å². The van der Waals surface area contributed by atoms with Crippen LogP contribution in [0.5, 0.6) is 11.5 Å². The number of nitrogens with one attached hydrogen (secondary N) is 2. The predicted molar refractivity (Wildman–Crippen MR) is 138 cm³/mol. The monoisotopic (exact) mass is 486 g/mol. The molecule has 35 heavy (non-hydrogen) atoms. The molecule has 0 aliphatic carbocycles. The van der Waals surface area contributed by atoms with E-state index in [1.54, 1.807) is 24.3 Å². The molecule has 0 atom stereocenters. The Balaban J connectivity index is 1.56. The molecule has 0 saturated heterocycles. The fourth-order valence-corrected chi connectivity index (χ4v) is 3.81. The molecule has 1 amide bonds. The number of aromatic amines is 1. The zero-order valence-electron chi connectivity index (χ0n) is 19.3. The van der Waals surface area contributed by atoms with Crippen LogP contribution in [0.4, 0.5) is 5.69 Å². The van der Waals surface area contributed by atoms with Crippen LogP contribution in [0, 0.1) is 18.3 Å². The lowest BCUT2D eigenvalue weighted by Crippen LogP contribution is -2.20. The maximum absolute atomic E-state index is 12.4. The summed E-state index contributed by atoms with van der Waals surface area (Å²) in [4.78, 5) is 20.0. The summed E-state index contributed by atoms with van der Waals surface area (Å²) in [5.41, 5.74) is 4.30. The van der Waals surface area contributed by atoms with Crippen LogP contribution >= 0.6 is 11.6 Å². The topological polar surface area (TPSA) is 100 Å². The summed E-state index contributed by atoms with van der Waals surface area (Å²) in [6.45, 7) is 3.90. The van der Waals surface area contributed by atoms with Crippen molar-refractivity contribution in [2.45, 2.75) is 13.8 Å². The van der Waals surface area contributed by atoms with Gasteiger partial charge in [-0.3, -0.25) is 4.79 Å². The van der Waals surface area contributed by atoms with Crippen LogP contribution < -0.4 is 14.8 Å². The number of aryl methyl sites for hydroxylation is 1. The van der Waals surface area contributed by atoms with Gasteiger partial charge in [-0.1, -0.05) is 35.9 Å². The van der Waals surface area contributed by atoms with Gasteiger partial charge in [-0.05, 0) is 67.4 Å². The SMILES string of the molecule is CCOc1cc(/C=C(\C#N)c2nc3ccccc3[nH]2)cc(Cl)c1OCC(=O)Nc1cccc(C)c1. The molecule has 8 heteroatoms. The highest BCUT2D eigenvalue weighted by Gasteiger charge is 2.15. The zero-order chi connectivity index (χ0) is 24.8. The van der Waals surface area contributed by atoms with Crippen molar-refractivity contribution in [3.63, 3.8) is 0 Å². The lowest BCUT2D eigenvalue weighted by atomic mass is 10.1. The van der Waals surface area contributed by atoms with E-state index in [4.69, 9.17) is 21.1 Å². The summed E-state index contributed by atoms with van der Waals surface area (Å²) in [6.07, 6.45) is 1.67. The normalized spacial score (nSPS) is 11.2. The number of nitrogens with zero attached hydrogens (tertiary/aromatic N) is 2. The molecule has 176 valence electrons. The molecule has 0 unspecified atom stereocenters. The highest BCUT2D eigenvalue weighted by molar-refractivity contribution is 6.32. The van der Waals surface area contributed by atoms with Crippen molar-refractivity contribution in [2.75, 3.05) is 18.5 Å². The fraction of sp³-hybridized carbons (Fsp3) is 0.148. The number of para-hydroxylation sites is 2. The van der Waals surface area contributed by atoms with Crippen LogP contribution in [0.15, 0.2) is 60.7 Å². The van der Waals surface area contributed by atoms with Gasteiger partial charge in [0.2, 0.25) is 0 Å². The maximum Gasteiger partial charge on any atom is 0.262 e. The lowest BCUT2D eigenvalue weighted by Gasteiger charge is -2.14. The average Bonchev–Trinajstić information content (AvgIpc) is 3.26. The minimum atomic E-state index is -0.324. The second kappa shape index (κ2) is 10.8. The molecule has 0 aliphatic rings. The van der Waals surface area contributed by atoms with Crippen molar-refractivity contribution in [1.82, 2.24) is 9.97 Å². The van der Waals surface area contributed by atoms with Crippen molar-refractivity contribution < 1.29 is 14.3 Å². The van der Waals surface area contributed by atoms with Crippen LogP contribution in [0.2, 0.25) is 5.02 Å². The molecule has 0 bridgehead atoms. The van der Waals surface area contributed by atoms with Gasteiger partial charge in [0.05, 0.1) is 28.2 Å². The van der Waals surface area contributed by atoms with E-state index in [2.05, 4.69) is 21.4 Å². The van der Waals surface area contributed by atoms with Crippen molar-refractivity contribution in [2.24, 2.45) is 0 Å². The van der Waals surface area contributed by atoms with Crippen molar-refractivity contribution in [3.8, 4) is 17.6 Å². The van der Waals surface area contributed by atoms with E-state index in [1.807, 2.05) is 56.3 Å². The van der Waals surface area contributed by atoms with Gasteiger partial charge < -0.3 is 19.8 Å².